The first-order valence-electron chi connectivity index (χ1n) is 8.03. The molecule has 1 saturated heterocycles. The molecule has 4 heteroatoms. The molecule has 2 rings (SSSR count). The van der Waals surface area contributed by atoms with E-state index >= 15 is 0 Å². The molecule has 1 fully saturated rings. The zero-order valence-corrected chi connectivity index (χ0v) is 13.5. The normalized spacial score (nSPS) is 18.9. The predicted octanol–water partition coefficient (Wildman–Crippen LogP) is 2.67. The second kappa shape index (κ2) is 8.25. The van der Waals surface area contributed by atoms with Gasteiger partial charge in [-0.2, -0.15) is 0 Å². The Kier molecular flexibility index (Phi) is 6.33. The number of likely N-dealkylation sites (N-methyl/N-ethyl adjacent to an activating group) is 1. The van der Waals surface area contributed by atoms with E-state index in [9.17, 15) is 0 Å². The molecule has 1 aromatic rings. The van der Waals surface area contributed by atoms with E-state index in [1.54, 1.807) is 7.11 Å². The van der Waals surface area contributed by atoms with Crippen molar-refractivity contribution in [3.05, 3.63) is 23.8 Å². The van der Waals surface area contributed by atoms with Crippen molar-refractivity contribution < 1.29 is 9.47 Å². The van der Waals surface area contributed by atoms with Crippen LogP contribution in [-0.4, -0.2) is 44.3 Å². The van der Waals surface area contributed by atoms with E-state index in [-0.39, 0.29) is 0 Å². The Morgan fingerprint density at radius 3 is 2.86 bits per heavy atom. The fraction of sp³-hybridized carbons (Fsp3) is 0.647. The molecular formula is C17H28N2O2. The third kappa shape index (κ3) is 4.35. The molecule has 4 nitrogen and oxygen atoms in total. The monoisotopic (exact) mass is 292 g/mol. The van der Waals surface area contributed by atoms with Gasteiger partial charge < -0.3 is 14.8 Å². The quantitative estimate of drug-likeness (QED) is 0.799. The molecule has 1 unspecified atom stereocenters. The lowest BCUT2D eigenvalue weighted by Crippen LogP contribution is -2.37. The maximum atomic E-state index is 5.62. The SMILES string of the molecule is CCOc1cc(CNCC2CCCN2CC)ccc1OC. The average Bonchev–Trinajstić information content (AvgIpc) is 2.95. The van der Waals surface area contributed by atoms with Gasteiger partial charge in [-0.05, 0) is 50.6 Å². The number of rotatable bonds is 8. The van der Waals surface area contributed by atoms with Crippen molar-refractivity contribution in [2.75, 3.05) is 33.4 Å². The van der Waals surface area contributed by atoms with Crippen molar-refractivity contribution in [3.8, 4) is 11.5 Å². The number of methoxy groups -OCH3 is 1. The van der Waals surface area contributed by atoms with E-state index < -0.39 is 0 Å². The lowest BCUT2D eigenvalue weighted by molar-refractivity contribution is 0.260. The highest BCUT2D eigenvalue weighted by molar-refractivity contribution is 5.42. The van der Waals surface area contributed by atoms with Crippen LogP contribution in [0.2, 0.25) is 0 Å². The predicted molar refractivity (Wildman–Crippen MR) is 86.1 cm³/mol. The fourth-order valence-corrected chi connectivity index (χ4v) is 3.03. The number of hydrogen-bond donors (Lipinski definition) is 1. The summed E-state index contributed by atoms with van der Waals surface area (Å²) >= 11 is 0. The molecule has 0 aromatic heterocycles. The van der Waals surface area contributed by atoms with Crippen molar-refractivity contribution in [2.45, 2.75) is 39.3 Å². The second-order valence-electron chi connectivity index (χ2n) is 5.47. The summed E-state index contributed by atoms with van der Waals surface area (Å²) in [6.07, 6.45) is 2.64. The van der Waals surface area contributed by atoms with E-state index in [0.29, 0.717) is 12.6 Å². The van der Waals surface area contributed by atoms with Gasteiger partial charge in [-0.25, -0.2) is 0 Å². The lowest BCUT2D eigenvalue weighted by atomic mass is 10.2. The van der Waals surface area contributed by atoms with Crippen LogP contribution in [0.4, 0.5) is 0 Å². The molecule has 0 radical (unpaired) electrons. The third-order valence-electron chi connectivity index (χ3n) is 4.14. The van der Waals surface area contributed by atoms with Crippen molar-refractivity contribution in [3.63, 3.8) is 0 Å². The Hall–Kier alpha value is -1.26. The average molecular weight is 292 g/mol. The fourth-order valence-electron chi connectivity index (χ4n) is 3.03. The number of benzene rings is 1. The molecule has 0 aliphatic carbocycles. The summed E-state index contributed by atoms with van der Waals surface area (Å²) in [6.45, 7) is 9.23. The Labute approximate surface area is 128 Å². The van der Waals surface area contributed by atoms with Gasteiger partial charge in [-0.3, -0.25) is 4.90 Å². The maximum absolute atomic E-state index is 5.62. The van der Waals surface area contributed by atoms with Crippen LogP contribution in [0.15, 0.2) is 18.2 Å². The zero-order chi connectivity index (χ0) is 15.1. The number of ether oxygens (including phenoxy) is 2. The largest absolute Gasteiger partial charge is 0.493 e. The molecule has 21 heavy (non-hydrogen) atoms. The van der Waals surface area contributed by atoms with Gasteiger partial charge in [0.15, 0.2) is 11.5 Å². The molecule has 0 amide bonds. The standard InChI is InChI=1S/C17H28N2O2/c1-4-19-10-6-7-15(19)13-18-12-14-8-9-16(20-3)17(11-14)21-5-2/h8-9,11,15,18H,4-7,10,12-13H2,1-3H3. The second-order valence-corrected chi connectivity index (χ2v) is 5.47. The highest BCUT2D eigenvalue weighted by Gasteiger charge is 2.22. The van der Waals surface area contributed by atoms with Crippen LogP contribution in [0.3, 0.4) is 0 Å². The Morgan fingerprint density at radius 1 is 1.29 bits per heavy atom. The van der Waals surface area contributed by atoms with Crippen LogP contribution in [0.1, 0.15) is 32.3 Å². The third-order valence-corrected chi connectivity index (χ3v) is 4.14. The van der Waals surface area contributed by atoms with Crippen LogP contribution in [0.5, 0.6) is 11.5 Å². The molecule has 0 saturated carbocycles. The highest BCUT2D eigenvalue weighted by Crippen LogP contribution is 2.28. The van der Waals surface area contributed by atoms with Gasteiger partial charge in [0.25, 0.3) is 0 Å². The molecule has 1 N–H and O–H groups in total. The van der Waals surface area contributed by atoms with Gasteiger partial charge in [-0.15, -0.1) is 0 Å². The highest BCUT2D eigenvalue weighted by atomic mass is 16.5. The molecule has 0 bridgehead atoms. The van der Waals surface area contributed by atoms with Crippen molar-refractivity contribution in [1.29, 1.82) is 0 Å². The van der Waals surface area contributed by atoms with E-state index in [2.05, 4.69) is 29.3 Å². The summed E-state index contributed by atoms with van der Waals surface area (Å²) < 4.78 is 10.9. The van der Waals surface area contributed by atoms with Crippen molar-refractivity contribution >= 4 is 0 Å². The summed E-state index contributed by atoms with van der Waals surface area (Å²) in [5.74, 6) is 1.63. The van der Waals surface area contributed by atoms with Crippen LogP contribution < -0.4 is 14.8 Å². The molecule has 1 aliphatic heterocycles. The lowest BCUT2D eigenvalue weighted by Gasteiger charge is -2.23. The van der Waals surface area contributed by atoms with E-state index in [1.165, 1.54) is 24.9 Å². The molecule has 1 aliphatic rings. The van der Waals surface area contributed by atoms with Gasteiger partial charge in [-0.1, -0.05) is 13.0 Å². The van der Waals surface area contributed by atoms with Crippen LogP contribution in [-0.2, 0) is 6.54 Å². The minimum Gasteiger partial charge on any atom is -0.493 e. The van der Waals surface area contributed by atoms with E-state index in [4.69, 9.17) is 9.47 Å². The Morgan fingerprint density at radius 2 is 2.14 bits per heavy atom. The molecular weight excluding hydrogens is 264 g/mol. The first kappa shape index (κ1) is 16.1. The number of hydrogen-bond acceptors (Lipinski definition) is 4. The minimum atomic E-state index is 0.654. The van der Waals surface area contributed by atoms with Gasteiger partial charge >= 0.3 is 0 Å². The topological polar surface area (TPSA) is 33.7 Å². The summed E-state index contributed by atoms with van der Waals surface area (Å²) in [5.41, 5.74) is 1.24. The molecule has 1 aromatic carbocycles. The first-order valence-corrected chi connectivity index (χ1v) is 8.03. The molecule has 118 valence electrons. The van der Waals surface area contributed by atoms with E-state index in [1.807, 2.05) is 13.0 Å². The zero-order valence-electron chi connectivity index (χ0n) is 13.5. The summed E-state index contributed by atoms with van der Waals surface area (Å²) in [6, 6.07) is 6.84. The number of likely N-dealkylation sites (tertiary alicyclic amines) is 1. The Bertz CT molecular complexity index is 437. The first-order chi connectivity index (χ1) is 10.3. The molecule has 1 atom stereocenters. The summed E-state index contributed by atoms with van der Waals surface area (Å²) in [4.78, 5) is 2.56. The van der Waals surface area contributed by atoms with E-state index in [0.717, 1.165) is 31.1 Å². The van der Waals surface area contributed by atoms with Crippen LogP contribution in [0.25, 0.3) is 0 Å². The maximum Gasteiger partial charge on any atom is 0.161 e. The van der Waals surface area contributed by atoms with Gasteiger partial charge in [0, 0.05) is 19.1 Å². The van der Waals surface area contributed by atoms with Gasteiger partial charge in [0.1, 0.15) is 0 Å². The molecule has 1 heterocycles. The number of nitrogens with zero attached hydrogens (tertiary/aromatic N) is 1. The summed E-state index contributed by atoms with van der Waals surface area (Å²) in [7, 11) is 1.68. The van der Waals surface area contributed by atoms with Gasteiger partial charge in [0.05, 0.1) is 13.7 Å². The Balaban J connectivity index is 1.86. The molecule has 0 spiro atoms. The van der Waals surface area contributed by atoms with Crippen molar-refractivity contribution in [2.24, 2.45) is 0 Å². The van der Waals surface area contributed by atoms with Crippen LogP contribution in [0, 0.1) is 0 Å². The van der Waals surface area contributed by atoms with Crippen LogP contribution >= 0.6 is 0 Å². The van der Waals surface area contributed by atoms with Crippen molar-refractivity contribution in [1.82, 2.24) is 10.2 Å². The van der Waals surface area contributed by atoms with Gasteiger partial charge in [0.2, 0.25) is 0 Å². The number of nitrogens with one attached hydrogen (secondary N) is 1. The minimum absolute atomic E-state index is 0.654. The summed E-state index contributed by atoms with van der Waals surface area (Å²) in [5, 5.41) is 3.58. The smallest absolute Gasteiger partial charge is 0.161 e.